The molecule has 0 bridgehead atoms. The highest BCUT2D eigenvalue weighted by Gasteiger charge is 2.33. The van der Waals surface area contributed by atoms with Gasteiger partial charge in [0.25, 0.3) is 0 Å². The van der Waals surface area contributed by atoms with E-state index in [2.05, 4.69) is 6.58 Å². The summed E-state index contributed by atoms with van der Waals surface area (Å²) in [6, 6.07) is 0. The lowest BCUT2D eigenvalue weighted by atomic mass is 10.1. The third-order valence-corrected chi connectivity index (χ3v) is 1.61. The molecule has 0 unspecified atom stereocenters. The van der Waals surface area contributed by atoms with Gasteiger partial charge in [-0.25, -0.2) is 0 Å². The van der Waals surface area contributed by atoms with Gasteiger partial charge in [0.15, 0.2) is 0 Å². The number of rotatable bonds is 3. The van der Waals surface area contributed by atoms with Crippen LogP contribution in [0.4, 0.5) is 13.2 Å². The fraction of sp³-hybridized carbons (Fsp3) is 0.400. The zero-order valence-electron chi connectivity index (χ0n) is 7.78. The maximum Gasteiger partial charge on any atom is 0.416 e. The maximum atomic E-state index is 12.4. The third-order valence-electron chi connectivity index (χ3n) is 1.61. The molecule has 0 N–H and O–H groups in total. The zero-order chi connectivity index (χ0) is 10.5. The summed E-state index contributed by atoms with van der Waals surface area (Å²) in [5.41, 5.74) is -0.377. The molecule has 0 rings (SSSR count). The van der Waals surface area contributed by atoms with Gasteiger partial charge in [-0.3, -0.25) is 0 Å². The topological polar surface area (TPSA) is 0 Å². The largest absolute Gasteiger partial charge is 0.416 e. The van der Waals surface area contributed by atoms with E-state index in [1.54, 1.807) is 13.8 Å². The Balaban J connectivity index is 5.21. The SMILES string of the molecule is C=C/C(CC)=C(\C=C/C)C(F)(F)F. The first-order chi connectivity index (χ1) is 5.97. The van der Waals surface area contributed by atoms with Crippen LogP contribution in [0.2, 0.25) is 0 Å². The summed E-state index contributed by atoms with van der Waals surface area (Å²) >= 11 is 0. The lowest BCUT2D eigenvalue weighted by molar-refractivity contribution is -0.0889. The van der Waals surface area contributed by atoms with Gasteiger partial charge in [0, 0.05) is 0 Å². The van der Waals surface area contributed by atoms with E-state index in [1.165, 1.54) is 12.2 Å². The molecule has 0 aliphatic rings. The highest BCUT2D eigenvalue weighted by molar-refractivity contribution is 5.35. The quantitative estimate of drug-likeness (QED) is 0.589. The van der Waals surface area contributed by atoms with Crippen LogP contribution in [0, 0.1) is 0 Å². The Labute approximate surface area is 76.5 Å². The number of alkyl halides is 3. The molecule has 0 nitrogen and oxygen atoms in total. The Morgan fingerprint density at radius 2 is 1.92 bits per heavy atom. The molecule has 0 heterocycles. The standard InChI is InChI=1S/C10H13F3/c1-4-7-9(10(11,12)13)8(5-2)6-3/h4-5,7H,2,6H2,1,3H3/b7-4-,9-8-. The van der Waals surface area contributed by atoms with Crippen molar-refractivity contribution in [2.24, 2.45) is 0 Å². The summed E-state index contributed by atoms with van der Waals surface area (Å²) in [7, 11) is 0. The Hall–Kier alpha value is -0.990. The molecule has 0 aliphatic heterocycles. The molecule has 0 saturated carbocycles. The van der Waals surface area contributed by atoms with Gasteiger partial charge in [-0.1, -0.05) is 31.7 Å². The second-order valence-electron chi connectivity index (χ2n) is 2.49. The van der Waals surface area contributed by atoms with Gasteiger partial charge in [0.1, 0.15) is 0 Å². The van der Waals surface area contributed by atoms with Gasteiger partial charge in [0.2, 0.25) is 0 Å². The van der Waals surface area contributed by atoms with Crippen LogP contribution in [0.15, 0.2) is 36.0 Å². The van der Waals surface area contributed by atoms with Crippen LogP contribution in [0.5, 0.6) is 0 Å². The van der Waals surface area contributed by atoms with Crippen molar-refractivity contribution in [1.29, 1.82) is 0 Å². The van der Waals surface area contributed by atoms with Gasteiger partial charge in [-0.15, -0.1) is 0 Å². The summed E-state index contributed by atoms with van der Waals surface area (Å²) in [5, 5.41) is 0. The van der Waals surface area contributed by atoms with Gasteiger partial charge in [-0.05, 0) is 18.9 Å². The lowest BCUT2D eigenvalue weighted by Crippen LogP contribution is -2.12. The Kier molecular flexibility index (Phi) is 4.52. The molecule has 0 aromatic rings. The van der Waals surface area contributed by atoms with E-state index >= 15 is 0 Å². The predicted molar refractivity (Wildman–Crippen MR) is 48.4 cm³/mol. The van der Waals surface area contributed by atoms with Crippen LogP contribution < -0.4 is 0 Å². The minimum absolute atomic E-state index is 0.227. The molecule has 0 fully saturated rings. The molecule has 0 spiro atoms. The van der Waals surface area contributed by atoms with Crippen molar-refractivity contribution in [1.82, 2.24) is 0 Å². The highest BCUT2D eigenvalue weighted by atomic mass is 19.4. The summed E-state index contributed by atoms with van der Waals surface area (Å²) in [6.07, 6.45) is -0.250. The van der Waals surface area contributed by atoms with E-state index in [-0.39, 0.29) is 5.57 Å². The van der Waals surface area contributed by atoms with Crippen molar-refractivity contribution in [3.05, 3.63) is 36.0 Å². The average molecular weight is 190 g/mol. The summed E-state index contributed by atoms with van der Waals surface area (Å²) < 4.78 is 37.1. The molecule has 74 valence electrons. The minimum Gasteiger partial charge on any atom is -0.166 e. The Bertz CT molecular complexity index is 231. The number of halogens is 3. The van der Waals surface area contributed by atoms with Crippen LogP contribution >= 0.6 is 0 Å². The maximum absolute atomic E-state index is 12.4. The van der Waals surface area contributed by atoms with Gasteiger partial charge >= 0.3 is 6.18 Å². The van der Waals surface area contributed by atoms with E-state index in [9.17, 15) is 13.2 Å². The molecule has 0 amide bonds. The Morgan fingerprint density at radius 1 is 1.38 bits per heavy atom. The highest BCUT2D eigenvalue weighted by Crippen LogP contribution is 2.30. The average Bonchev–Trinajstić information content (AvgIpc) is 2.03. The Morgan fingerprint density at radius 3 is 2.15 bits per heavy atom. The van der Waals surface area contributed by atoms with Crippen molar-refractivity contribution in [2.45, 2.75) is 26.4 Å². The second kappa shape index (κ2) is 4.90. The smallest absolute Gasteiger partial charge is 0.166 e. The molecule has 0 saturated heterocycles. The van der Waals surface area contributed by atoms with Crippen LogP contribution in [-0.2, 0) is 0 Å². The monoisotopic (exact) mass is 190 g/mol. The van der Waals surface area contributed by atoms with Crippen LogP contribution in [0.25, 0.3) is 0 Å². The molecule has 0 aliphatic carbocycles. The first-order valence-corrected chi connectivity index (χ1v) is 4.02. The number of allylic oxidation sites excluding steroid dienone is 5. The normalized spacial score (nSPS) is 14.5. The lowest BCUT2D eigenvalue weighted by Gasteiger charge is -2.11. The van der Waals surface area contributed by atoms with Gasteiger partial charge in [0.05, 0.1) is 5.57 Å². The zero-order valence-corrected chi connectivity index (χ0v) is 7.78. The van der Waals surface area contributed by atoms with Crippen LogP contribution in [-0.4, -0.2) is 6.18 Å². The van der Waals surface area contributed by atoms with Gasteiger partial charge in [-0.2, -0.15) is 13.2 Å². The first-order valence-electron chi connectivity index (χ1n) is 4.02. The van der Waals surface area contributed by atoms with Gasteiger partial charge < -0.3 is 0 Å². The summed E-state index contributed by atoms with van der Waals surface area (Å²) in [4.78, 5) is 0. The predicted octanol–water partition coefficient (Wildman–Crippen LogP) is 4.02. The van der Waals surface area contributed by atoms with E-state index in [1.807, 2.05) is 0 Å². The second-order valence-corrected chi connectivity index (χ2v) is 2.49. The molecule has 13 heavy (non-hydrogen) atoms. The van der Waals surface area contributed by atoms with Crippen molar-refractivity contribution in [3.63, 3.8) is 0 Å². The minimum atomic E-state index is -4.29. The van der Waals surface area contributed by atoms with Crippen molar-refractivity contribution >= 4 is 0 Å². The van der Waals surface area contributed by atoms with Crippen LogP contribution in [0.1, 0.15) is 20.3 Å². The van der Waals surface area contributed by atoms with E-state index in [0.717, 1.165) is 6.08 Å². The molecule has 0 aromatic heterocycles. The molecule has 3 heteroatoms. The van der Waals surface area contributed by atoms with E-state index < -0.39 is 11.7 Å². The number of hydrogen-bond donors (Lipinski definition) is 0. The molecule has 0 radical (unpaired) electrons. The molecule has 0 aromatic carbocycles. The fourth-order valence-electron chi connectivity index (χ4n) is 0.995. The van der Waals surface area contributed by atoms with Crippen molar-refractivity contribution < 1.29 is 13.2 Å². The first kappa shape index (κ1) is 12.0. The van der Waals surface area contributed by atoms with Crippen molar-refractivity contribution in [3.8, 4) is 0 Å². The summed E-state index contributed by atoms with van der Waals surface area (Å²) in [6.45, 7) is 6.59. The molecular formula is C10H13F3. The van der Waals surface area contributed by atoms with E-state index in [0.29, 0.717) is 6.42 Å². The van der Waals surface area contributed by atoms with Crippen LogP contribution in [0.3, 0.4) is 0 Å². The number of hydrogen-bond acceptors (Lipinski definition) is 0. The summed E-state index contributed by atoms with van der Waals surface area (Å²) in [5.74, 6) is 0. The van der Waals surface area contributed by atoms with Crippen molar-refractivity contribution in [2.75, 3.05) is 0 Å². The van der Waals surface area contributed by atoms with E-state index in [4.69, 9.17) is 0 Å². The fourth-order valence-corrected chi connectivity index (χ4v) is 0.995. The molecular weight excluding hydrogens is 177 g/mol. The molecule has 0 atom stereocenters. The third kappa shape index (κ3) is 3.49.